The Morgan fingerprint density at radius 1 is 1.27 bits per heavy atom. The molecule has 11 heavy (non-hydrogen) atoms. The Kier molecular flexibility index (Phi) is 0.976. The molecule has 4 atom stereocenters. The minimum Gasteiger partial charge on any atom is -0.389 e. The molecule has 0 bridgehead atoms. The summed E-state index contributed by atoms with van der Waals surface area (Å²) in [6.45, 7) is 2.19. The molecule has 0 radical (unpaired) electrons. The fourth-order valence-electron chi connectivity index (χ4n) is 3.46. The molecule has 0 aliphatic heterocycles. The van der Waals surface area contributed by atoms with Crippen molar-refractivity contribution in [2.45, 2.75) is 38.2 Å². The molecule has 0 aromatic rings. The third-order valence-corrected chi connectivity index (χ3v) is 4.31. The van der Waals surface area contributed by atoms with Gasteiger partial charge < -0.3 is 5.11 Å². The van der Waals surface area contributed by atoms with Gasteiger partial charge in [-0.2, -0.15) is 0 Å². The molecule has 0 saturated heterocycles. The van der Waals surface area contributed by atoms with Crippen LogP contribution in [0.4, 0.5) is 0 Å². The van der Waals surface area contributed by atoms with Crippen LogP contribution in [0.3, 0.4) is 0 Å². The summed E-state index contributed by atoms with van der Waals surface area (Å²) in [5.74, 6) is 3.21. The Balaban J connectivity index is 1.75. The van der Waals surface area contributed by atoms with Crippen LogP contribution in [-0.4, -0.2) is 10.7 Å². The highest BCUT2D eigenvalue weighted by molar-refractivity contribution is 5.18. The minimum atomic E-state index is -0.185. The molecule has 3 saturated carbocycles. The van der Waals surface area contributed by atoms with Gasteiger partial charge in [0.25, 0.3) is 0 Å². The summed E-state index contributed by atoms with van der Waals surface area (Å²) < 4.78 is 0. The molecule has 3 rings (SSSR count). The summed E-state index contributed by atoms with van der Waals surface area (Å²) in [4.78, 5) is 0. The van der Waals surface area contributed by atoms with Crippen molar-refractivity contribution in [3.05, 3.63) is 0 Å². The average molecular weight is 152 g/mol. The normalized spacial score (nSPS) is 66.0. The van der Waals surface area contributed by atoms with Crippen LogP contribution in [-0.2, 0) is 0 Å². The summed E-state index contributed by atoms with van der Waals surface area (Å²) in [6, 6.07) is 0. The van der Waals surface area contributed by atoms with Crippen molar-refractivity contribution >= 4 is 0 Å². The summed E-state index contributed by atoms with van der Waals surface area (Å²) in [6.07, 6.45) is 5.33. The topological polar surface area (TPSA) is 20.2 Å². The first-order chi connectivity index (χ1) is 5.23. The third kappa shape index (κ3) is 0.658. The Morgan fingerprint density at radius 3 is 2.27 bits per heavy atom. The molecule has 0 aromatic carbocycles. The zero-order valence-corrected chi connectivity index (χ0v) is 7.09. The van der Waals surface area contributed by atoms with E-state index < -0.39 is 0 Å². The maximum Gasteiger partial charge on any atom is 0.0711 e. The second-order valence-electron chi connectivity index (χ2n) is 4.88. The van der Waals surface area contributed by atoms with Crippen LogP contribution in [0.1, 0.15) is 32.6 Å². The number of rotatable bonds is 1. The van der Waals surface area contributed by atoms with Crippen LogP contribution in [0.25, 0.3) is 0 Å². The number of fused-ring (bicyclic) bond motifs is 1. The van der Waals surface area contributed by atoms with Gasteiger partial charge in [-0.05, 0) is 42.9 Å². The van der Waals surface area contributed by atoms with Crippen molar-refractivity contribution in [3.8, 4) is 0 Å². The van der Waals surface area contributed by atoms with Gasteiger partial charge >= 0.3 is 0 Å². The molecule has 62 valence electrons. The van der Waals surface area contributed by atoms with Crippen molar-refractivity contribution in [2.24, 2.45) is 23.7 Å². The van der Waals surface area contributed by atoms with E-state index in [1.165, 1.54) is 19.3 Å². The van der Waals surface area contributed by atoms with E-state index in [0.717, 1.165) is 24.2 Å². The predicted octanol–water partition coefficient (Wildman–Crippen LogP) is 1.80. The van der Waals surface area contributed by atoms with E-state index in [4.69, 9.17) is 0 Å². The number of hydrogen-bond acceptors (Lipinski definition) is 1. The van der Waals surface area contributed by atoms with E-state index in [-0.39, 0.29) is 5.60 Å². The van der Waals surface area contributed by atoms with Crippen molar-refractivity contribution < 1.29 is 5.11 Å². The lowest BCUT2D eigenvalue weighted by molar-refractivity contribution is 0.0949. The van der Waals surface area contributed by atoms with Crippen LogP contribution in [0.5, 0.6) is 0 Å². The van der Waals surface area contributed by atoms with Gasteiger partial charge in [0, 0.05) is 0 Å². The summed E-state index contributed by atoms with van der Waals surface area (Å²) in [7, 11) is 0. The van der Waals surface area contributed by atoms with Gasteiger partial charge in [-0.3, -0.25) is 0 Å². The van der Waals surface area contributed by atoms with Crippen LogP contribution in [0.2, 0.25) is 0 Å². The Morgan fingerprint density at radius 2 is 1.82 bits per heavy atom. The number of hydrogen-bond donors (Lipinski definition) is 1. The first-order valence-corrected chi connectivity index (χ1v) is 4.96. The Hall–Kier alpha value is -0.0400. The van der Waals surface area contributed by atoms with Gasteiger partial charge in [-0.1, -0.05) is 13.3 Å². The van der Waals surface area contributed by atoms with E-state index in [0.29, 0.717) is 5.92 Å². The van der Waals surface area contributed by atoms with E-state index >= 15 is 0 Å². The zero-order valence-electron chi connectivity index (χ0n) is 7.09. The van der Waals surface area contributed by atoms with Crippen LogP contribution < -0.4 is 0 Å². The van der Waals surface area contributed by atoms with E-state index in [2.05, 4.69) is 6.92 Å². The molecule has 0 amide bonds. The van der Waals surface area contributed by atoms with Crippen molar-refractivity contribution in [1.29, 1.82) is 0 Å². The standard InChI is InChI=1S/C10H16O/c1-6-5-10(6,11)9-7-3-2-4-8(7)9/h6-9,11H,2-5H2,1H3. The van der Waals surface area contributed by atoms with Gasteiger partial charge in [-0.15, -0.1) is 0 Å². The van der Waals surface area contributed by atoms with Gasteiger partial charge in [0.2, 0.25) is 0 Å². The molecule has 0 spiro atoms. The highest BCUT2D eigenvalue weighted by Crippen LogP contribution is 2.69. The van der Waals surface area contributed by atoms with Crippen molar-refractivity contribution in [3.63, 3.8) is 0 Å². The molecular weight excluding hydrogens is 136 g/mol. The molecule has 3 fully saturated rings. The highest BCUT2D eigenvalue weighted by atomic mass is 16.3. The summed E-state index contributed by atoms with van der Waals surface area (Å²) >= 11 is 0. The Bertz CT molecular complexity index is 191. The molecule has 0 heterocycles. The van der Waals surface area contributed by atoms with Crippen LogP contribution in [0, 0.1) is 23.7 Å². The van der Waals surface area contributed by atoms with E-state index in [9.17, 15) is 5.11 Å². The fraction of sp³-hybridized carbons (Fsp3) is 1.00. The molecule has 3 aliphatic carbocycles. The lowest BCUT2D eigenvalue weighted by Crippen LogP contribution is -2.16. The number of aliphatic hydroxyl groups is 1. The molecule has 1 nitrogen and oxygen atoms in total. The molecular formula is C10H16O. The minimum absolute atomic E-state index is 0.185. The predicted molar refractivity (Wildman–Crippen MR) is 43.1 cm³/mol. The van der Waals surface area contributed by atoms with Gasteiger partial charge in [0.15, 0.2) is 0 Å². The molecule has 1 N–H and O–H groups in total. The van der Waals surface area contributed by atoms with Gasteiger partial charge in [0.1, 0.15) is 0 Å². The van der Waals surface area contributed by atoms with Gasteiger partial charge in [0.05, 0.1) is 5.60 Å². The molecule has 4 unspecified atom stereocenters. The second kappa shape index (κ2) is 1.66. The van der Waals surface area contributed by atoms with E-state index in [1.807, 2.05) is 0 Å². The second-order valence-corrected chi connectivity index (χ2v) is 4.88. The third-order valence-electron chi connectivity index (χ3n) is 4.31. The quantitative estimate of drug-likeness (QED) is 0.607. The first kappa shape index (κ1) is 6.47. The lowest BCUT2D eigenvalue weighted by atomic mass is 10.0. The van der Waals surface area contributed by atoms with E-state index in [1.54, 1.807) is 0 Å². The van der Waals surface area contributed by atoms with Crippen molar-refractivity contribution in [1.82, 2.24) is 0 Å². The summed E-state index contributed by atoms with van der Waals surface area (Å²) in [5.41, 5.74) is -0.185. The van der Waals surface area contributed by atoms with Crippen molar-refractivity contribution in [2.75, 3.05) is 0 Å². The van der Waals surface area contributed by atoms with Gasteiger partial charge in [-0.25, -0.2) is 0 Å². The largest absolute Gasteiger partial charge is 0.389 e. The average Bonchev–Trinajstić information content (AvgIpc) is 2.73. The molecule has 1 heteroatoms. The van der Waals surface area contributed by atoms with Crippen LogP contribution >= 0.6 is 0 Å². The fourth-order valence-corrected chi connectivity index (χ4v) is 3.46. The lowest BCUT2D eigenvalue weighted by Gasteiger charge is -2.10. The van der Waals surface area contributed by atoms with Crippen LogP contribution in [0.15, 0.2) is 0 Å². The highest BCUT2D eigenvalue weighted by Gasteiger charge is 2.69. The monoisotopic (exact) mass is 152 g/mol. The maximum absolute atomic E-state index is 10.0. The first-order valence-electron chi connectivity index (χ1n) is 4.96. The maximum atomic E-state index is 10.0. The smallest absolute Gasteiger partial charge is 0.0711 e. The molecule has 3 aliphatic rings. The summed E-state index contributed by atoms with van der Waals surface area (Å²) in [5, 5.41) is 10.0. The zero-order chi connectivity index (χ0) is 7.64. The SMILES string of the molecule is CC1CC1(O)C1C2CCCC21. The molecule has 0 aromatic heterocycles. The Labute approximate surface area is 67.8 Å².